The Morgan fingerprint density at radius 2 is 2.12 bits per heavy atom. The van der Waals surface area contributed by atoms with Gasteiger partial charge in [0.05, 0.1) is 13.0 Å². The monoisotopic (exact) mass is 234 g/mol. The topological polar surface area (TPSA) is 64.3 Å². The molecule has 1 aliphatic rings. The lowest BCUT2D eigenvalue weighted by atomic mass is 9.86. The molecule has 0 saturated carbocycles. The smallest absolute Gasteiger partial charge is 0.222 e. The highest BCUT2D eigenvalue weighted by atomic mass is 16.5. The summed E-state index contributed by atoms with van der Waals surface area (Å²) in [5.74, 6) is 0.482. The molecule has 4 nitrogen and oxygen atoms in total. The van der Waals surface area contributed by atoms with Crippen LogP contribution in [-0.2, 0) is 4.79 Å². The van der Waals surface area contributed by atoms with E-state index in [4.69, 9.17) is 10.5 Å². The predicted molar refractivity (Wildman–Crippen MR) is 65.7 cm³/mol. The highest BCUT2D eigenvalue weighted by molar-refractivity contribution is 5.77. The Hall–Kier alpha value is -1.55. The molecule has 2 atom stereocenters. The molecule has 1 amide bonds. The van der Waals surface area contributed by atoms with Crippen LogP contribution < -0.4 is 15.8 Å². The normalized spacial score (nSPS) is 24.3. The fourth-order valence-corrected chi connectivity index (χ4v) is 2.36. The molecule has 17 heavy (non-hydrogen) atoms. The SMILES string of the molecule is COc1ccc(C2NCCCC2C(N)=O)cc1. The van der Waals surface area contributed by atoms with Crippen molar-refractivity contribution in [1.29, 1.82) is 0 Å². The number of hydrogen-bond acceptors (Lipinski definition) is 3. The summed E-state index contributed by atoms with van der Waals surface area (Å²) in [6, 6.07) is 7.82. The van der Waals surface area contributed by atoms with Gasteiger partial charge >= 0.3 is 0 Å². The van der Waals surface area contributed by atoms with Crippen LogP contribution in [0.25, 0.3) is 0 Å². The van der Waals surface area contributed by atoms with Gasteiger partial charge in [-0.05, 0) is 37.1 Å². The van der Waals surface area contributed by atoms with E-state index in [1.54, 1.807) is 7.11 Å². The van der Waals surface area contributed by atoms with Crippen LogP contribution in [0.1, 0.15) is 24.4 Å². The van der Waals surface area contributed by atoms with E-state index in [1.165, 1.54) is 0 Å². The van der Waals surface area contributed by atoms with Gasteiger partial charge in [-0.15, -0.1) is 0 Å². The van der Waals surface area contributed by atoms with Gasteiger partial charge in [-0.3, -0.25) is 4.79 Å². The molecule has 1 aliphatic heterocycles. The van der Waals surface area contributed by atoms with Crippen molar-refractivity contribution in [1.82, 2.24) is 5.32 Å². The molecular weight excluding hydrogens is 216 g/mol. The number of carbonyl (C=O) groups excluding carboxylic acids is 1. The second kappa shape index (κ2) is 5.19. The van der Waals surface area contributed by atoms with Crippen molar-refractivity contribution in [2.45, 2.75) is 18.9 Å². The summed E-state index contributed by atoms with van der Waals surface area (Å²) in [6.07, 6.45) is 1.86. The summed E-state index contributed by atoms with van der Waals surface area (Å²) >= 11 is 0. The molecule has 1 saturated heterocycles. The van der Waals surface area contributed by atoms with Crippen molar-refractivity contribution in [3.63, 3.8) is 0 Å². The molecule has 4 heteroatoms. The number of nitrogens with one attached hydrogen (secondary N) is 1. The van der Waals surface area contributed by atoms with Crippen molar-refractivity contribution in [3.05, 3.63) is 29.8 Å². The fraction of sp³-hybridized carbons (Fsp3) is 0.462. The van der Waals surface area contributed by atoms with E-state index in [0.29, 0.717) is 0 Å². The number of ether oxygens (including phenoxy) is 1. The molecule has 1 aromatic rings. The number of hydrogen-bond donors (Lipinski definition) is 2. The number of primary amides is 1. The molecule has 0 spiro atoms. The van der Waals surface area contributed by atoms with Crippen molar-refractivity contribution in [2.75, 3.05) is 13.7 Å². The molecule has 1 heterocycles. The lowest BCUT2D eigenvalue weighted by molar-refractivity contribution is -0.123. The summed E-state index contributed by atoms with van der Waals surface area (Å²) in [6.45, 7) is 0.931. The number of methoxy groups -OCH3 is 1. The van der Waals surface area contributed by atoms with Gasteiger partial charge in [0.2, 0.25) is 5.91 Å². The Balaban J connectivity index is 2.20. The third-order valence-corrected chi connectivity index (χ3v) is 3.30. The van der Waals surface area contributed by atoms with Crippen LogP contribution in [0.3, 0.4) is 0 Å². The number of carbonyl (C=O) groups is 1. The first-order valence-corrected chi connectivity index (χ1v) is 5.89. The van der Waals surface area contributed by atoms with Gasteiger partial charge in [-0.25, -0.2) is 0 Å². The first kappa shape index (κ1) is 11.9. The van der Waals surface area contributed by atoms with E-state index in [0.717, 1.165) is 30.7 Å². The van der Waals surface area contributed by atoms with Gasteiger partial charge in [-0.1, -0.05) is 12.1 Å². The lowest BCUT2D eigenvalue weighted by Crippen LogP contribution is -2.40. The summed E-state index contributed by atoms with van der Waals surface area (Å²) in [5, 5.41) is 3.36. The Morgan fingerprint density at radius 3 is 2.71 bits per heavy atom. The zero-order chi connectivity index (χ0) is 12.3. The number of piperidine rings is 1. The third-order valence-electron chi connectivity index (χ3n) is 3.30. The van der Waals surface area contributed by atoms with Crippen LogP contribution in [0.4, 0.5) is 0 Å². The Kier molecular flexibility index (Phi) is 3.64. The fourth-order valence-electron chi connectivity index (χ4n) is 2.36. The summed E-state index contributed by atoms with van der Waals surface area (Å²) in [4.78, 5) is 11.4. The van der Waals surface area contributed by atoms with Gasteiger partial charge in [0.15, 0.2) is 0 Å². The Morgan fingerprint density at radius 1 is 1.41 bits per heavy atom. The van der Waals surface area contributed by atoms with Gasteiger partial charge in [0, 0.05) is 6.04 Å². The molecule has 0 bridgehead atoms. The van der Waals surface area contributed by atoms with E-state index >= 15 is 0 Å². The lowest BCUT2D eigenvalue weighted by Gasteiger charge is -2.30. The molecule has 0 aromatic heterocycles. The second-order valence-corrected chi connectivity index (χ2v) is 4.36. The van der Waals surface area contributed by atoms with E-state index in [9.17, 15) is 4.79 Å². The molecule has 2 rings (SSSR count). The molecule has 0 radical (unpaired) electrons. The minimum absolute atomic E-state index is 0.0344. The highest BCUT2D eigenvalue weighted by Crippen LogP contribution is 2.29. The standard InChI is InChI=1S/C13H18N2O2/c1-17-10-6-4-9(5-7-10)12-11(13(14)16)3-2-8-15-12/h4-7,11-12,15H,2-3,8H2,1H3,(H2,14,16). The van der Waals surface area contributed by atoms with E-state index in [-0.39, 0.29) is 17.9 Å². The molecular formula is C13H18N2O2. The molecule has 1 aromatic carbocycles. The number of rotatable bonds is 3. The summed E-state index contributed by atoms with van der Waals surface area (Å²) in [5.41, 5.74) is 6.54. The quantitative estimate of drug-likeness (QED) is 0.826. The maximum atomic E-state index is 11.4. The van der Waals surface area contributed by atoms with Crippen LogP contribution >= 0.6 is 0 Å². The van der Waals surface area contributed by atoms with Crippen molar-refractivity contribution in [3.8, 4) is 5.75 Å². The van der Waals surface area contributed by atoms with Crippen LogP contribution in [0.5, 0.6) is 5.75 Å². The van der Waals surface area contributed by atoms with Crippen LogP contribution in [0, 0.1) is 5.92 Å². The average Bonchev–Trinajstić information content (AvgIpc) is 2.39. The second-order valence-electron chi connectivity index (χ2n) is 4.36. The number of amides is 1. The first-order valence-electron chi connectivity index (χ1n) is 5.89. The largest absolute Gasteiger partial charge is 0.497 e. The van der Waals surface area contributed by atoms with Crippen LogP contribution in [0.15, 0.2) is 24.3 Å². The van der Waals surface area contributed by atoms with Crippen molar-refractivity contribution < 1.29 is 9.53 Å². The molecule has 92 valence electrons. The van der Waals surface area contributed by atoms with Gasteiger partial charge in [-0.2, -0.15) is 0 Å². The maximum Gasteiger partial charge on any atom is 0.222 e. The molecule has 2 unspecified atom stereocenters. The van der Waals surface area contributed by atoms with Crippen LogP contribution in [0.2, 0.25) is 0 Å². The van der Waals surface area contributed by atoms with Gasteiger partial charge in [0.25, 0.3) is 0 Å². The first-order chi connectivity index (χ1) is 8.22. The average molecular weight is 234 g/mol. The third kappa shape index (κ3) is 2.58. The zero-order valence-corrected chi connectivity index (χ0v) is 9.98. The Labute approximate surface area is 101 Å². The number of nitrogens with two attached hydrogens (primary N) is 1. The highest BCUT2D eigenvalue weighted by Gasteiger charge is 2.30. The molecule has 1 fully saturated rings. The minimum atomic E-state index is -0.224. The minimum Gasteiger partial charge on any atom is -0.497 e. The zero-order valence-electron chi connectivity index (χ0n) is 9.98. The van der Waals surface area contributed by atoms with Gasteiger partial charge in [0.1, 0.15) is 5.75 Å². The van der Waals surface area contributed by atoms with E-state index < -0.39 is 0 Å². The van der Waals surface area contributed by atoms with E-state index in [1.807, 2.05) is 24.3 Å². The Bertz CT molecular complexity index is 389. The van der Waals surface area contributed by atoms with Crippen molar-refractivity contribution in [2.24, 2.45) is 11.7 Å². The predicted octanol–water partition coefficient (Wildman–Crippen LogP) is 1.22. The molecule has 3 N–H and O–H groups in total. The maximum absolute atomic E-state index is 11.4. The van der Waals surface area contributed by atoms with Crippen LogP contribution in [-0.4, -0.2) is 19.6 Å². The van der Waals surface area contributed by atoms with Gasteiger partial charge < -0.3 is 15.8 Å². The van der Waals surface area contributed by atoms with E-state index in [2.05, 4.69) is 5.32 Å². The summed E-state index contributed by atoms with van der Waals surface area (Å²) < 4.78 is 5.12. The molecule has 0 aliphatic carbocycles. The number of benzene rings is 1. The summed E-state index contributed by atoms with van der Waals surface area (Å²) in [7, 11) is 1.64. The van der Waals surface area contributed by atoms with Crippen molar-refractivity contribution >= 4 is 5.91 Å².